The first kappa shape index (κ1) is 22.6. The first-order valence-electron chi connectivity index (χ1n) is 8.80. The molecule has 0 amide bonds. The zero-order valence-electron chi connectivity index (χ0n) is 15.6. The van der Waals surface area contributed by atoms with Crippen LogP contribution in [0.25, 0.3) is 0 Å². The zero-order chi connectivity index (χ0) is 18.1. The van der Waals surface area contributed by atoms with Gasteiger partial charge in [0.2, 0.25) is 18.1 Å². The van der Waals surface area contributed by atoms with Crippen LogP contribution >= 0.6 is 0 Å². The minimum Gasteiger partial charge on any atom is -0.415 e. The molecule has 1 heterocycles. The molecule has 1 saturated heterocycles. The van der Waals surface area contributed by atoms with E-state index in [9.17, 15) is 0 Å². The highest BCUT2D eigenvalue weighted by molar-refractivity contribution is 6.87. The molecule has 0 aromatic heterocycles. The van der Waals surface area contributed by atoms with Gasteiger partial charge in [-0.05, 0) is 43.7 Å². The predicted octanol–water partition coefficient (Wildman–Crippen LogP) is 1.48. The summed E-state index contributed by atoms with van der Waals surface area (Å²) in [7, 11) is -4.31. The molecule has 0 spiro atoms. The van der Waals surface area contributed by atoms with E-state index >= 15 is 0 Å². The van der Waals surface area contributed by atoms with Gasteiger partial charge in [0.15, 0.2) is 0 Å². The molecular formula is C13H34N2O5Si4. The number of nitrogens with two attached hydrogens (primary N) is 2. The van der Waals surface area contributed by atoms with E-state index in [1.54, 1.807) is 14.2 Å². The minimum absolute atomic E-state index is 0.591. The van der Waals surface area contributed by atoms with Gasteiger partial charge in [-0.25, -0.2) is 0 Å². The average Bonchev–Trinajstić information content (AvgIpc) is 2.60. The van der Waals surface area contributed by atoms with Gasteiger partial charge in [0.05, 0.1) is 0 Å². The summed E-state index contributed by atoms with van der Waals surface area (Å²) in [5.41, 5.74) is 12.5. The van der Waals surface area contributed by atoms with Gasteiger partial charge in [0, 0.05) is 26.3 Å². The lowest BCUT2D eigenvalue weighted by Crippen LogP contribution is -2.63. The SMILES string of the molecule is CC[Si]1C[Si](CC)O[Si](CCCN)(OC)O[Si](CCCN)(OC)O1. The molecule has 24 heavy (non-hydrogen) atoms. The Hall–Kier alpha value is 0.588. The highest BCUT2D eigenvalue weighted by Crippen LogP contribution is 2.32. The fourth-order valence-corrected chi connectivity index (χ4v) is 20.6. The van der Waals surface area contributed by atoms with Crippen LogP contribution in [0.3, 0.4) is 0 Å². The van der Waals surface area contributed by atoms with Crippen LogP contribution in [0.15, 0.2) is 0 Å². The molecule has 0 bridgehead atoms. The van der Waals surface area contributed by atoms with Crippen molar-refractivity contribution in [1.82, 2.24) is 0 Å². The smallest absolute Gasteiger partial charge is 0.415 e. The summed E-state index contributed by atoms with van der Waals surface area (Å²) >= 11 is 0. The molecule has 2 radical (unpaired) electrons. The van der Waals surface area contributed by atoms with E-state index in [2.05, 4.69) is 13.8 Å². The molecule has 0 saturated carbocycles. The zero-order valence-corrected chi connectivity index (χ0v) is 19.6. The monoisotopic (exact) mass is 410 g/mol. The Morgan fingerprint density at radius 3 is 1.58 bits per heavy atom. The van der Waals surface area contributed by atoms with Crippen LogP contribution in [-0.2, 0) is 21.2 Å². The van der Waals surface area contributed by atoms with Gasteiger partial charge in [-0.3, -0.25) is 0 Å². The van der Waals surface area contributed by atoms with Crippen molar-refractivity contribution in [3.05, 3.63) is 0 Å². The highest BCUT2D eigenvalue weighted by Gasteiger charge is 2.55. The maximum absolute atomic E-state index is 6.56. The van der Waals surface area contributed by atoms with E-state index in [0.29, 0.717) is 25.2 Å². The molecule has 1 rings (SSSR count). The predicted molar refractivity (Wildman–Crippen MR) is 103 cm³/mol. The highest BCUT2D eigenvalue weighted by atomic mass is 28.5. The number of hydrogen-bond acceptors (Lipinski definition) is 7. The molecule has 0 aromatic carbocycles. The second kappa shape index (κ2) is 11.3. The third-order valence-electron chi connectivity index (χ3n) is 4.09. The summed E-state index contributed by atoms with van der Waals surface area (Å²) in [4.78, 5) is 0. The van der Waals surface area contributed by atoms with E-state index in [1.807, 2.05) is 0 Å². The Morgan fingerprint density at radius 2 is 1.29 bits per heavy atom. The molecule has 142 valence electrons. The third kappa shape index (κ3) is 6.39. The van der Waals surface area contributed by atoms with Crippen LogP contribution in [0, 0.1) is 0 Å². The molecule has 1 aliphatic rings. The van der Waals surface area contributed by atoms with Crippen LogP contribution in [0.4, 0.5) is 0 Å². The Bertz CT molecular complexity index is 330. The van der Waals surface area contributed by atoms with Crippen molar-refractivity contribution in [2.24, 2.45) is 11.5 Å². The van der Waals surface area contributed by atoms with Crippen molar-refractivity contribution in [3.63, 3.8) is 0 Å². The van der Waals surface area contributed by atoms with E-state index in [-0.39, 0.29) is 0 Å². The van der Waals surface area contributed by atoms with Crippen molar-refractivity contribution < 1.29 is 21.2 Å². The second-order valence-corrected chi connectivity index (χ2v) is 17.8. The van der Waals surface area contributed by atoms with Crippen LogP contribution in [0.1, 0.15) is 26.7 Å². The molecule has 2 unspecified atom stereocenters. The Morgan fingerprint density at radius 1 is 0.875 bits per heavy atom. The summed E-state index contributed by atoms with van der Waals surface area (Å²) < 4.78 is 31.4. The Labute approximate surface area is 152 Å². The van der Waals surface area contributed by atoms with Crippen LogP contribution in [0.5, 0.6) is 0 Å². The number of hydrogen-bond donors (Lipinski definition) is 2. The summed E-state index contributed by atoms with van der Waals surface area (Å²) in [5.74, 6) is 0. The molecule has 1 aliphatic heterocycles. The first-order valence-corrected chi connectivity index (χ1v) is 16.3. The van der Waals surface area contributed by atoms with Gasteiger partial charge >= 0.3 is 17.6 Å². The summed E-state index contributed by atoms with van der Waals surface area (Å²) in [6.07, 6.45) is 1.63. The third-order valence-corrected chi connectivity index (χ3v) is 19.3. The first-order chi connectivity index (χ1) is 11.5. The van der Waals surface area contributed by atoms with E-state index in [1.165, 1.54) is 0 Å². The van der Waals surface area contributed by atoms with Gasteiger partial charge in [-0.1, -0.05) is 13.8 Å². The molecule has 0 aromatic rings. The quantitative estimate of drug-likeness (QED) is 0.526. The summed E-state index contributed by atoms with van der Waals surface area (Å²) in [6.45, 7) is 5.54. The maximum atomic E-state index is 6.56. The van der Waals surface area contributed by atoms with Crippen LogP contribution in [0.2, 0.25) is 29.8 Å². The van der Waals surface area contributed by atoms with Crippen molar-refractivity contribution in [3.8, 4) is 0 Å². The summed E-state index contributed by atoms with van der Waals surface area (Å²) in [5, 5.41) is 0. The van der Waals surface area contributed by atoms with Crippen molar-refractivity contribution in [2.75, 3.05) is 27.3 Å². The molecule has 11 heteroatoms. The average molecular weight is 411 g/mol. The normalized spacial score (nSPS) is 30.2. The molecule has 1 fully saturated rings. The lowest BCUT2D eigenvalue weighted by molar-refractivity contribution is 0.123. The van der Waals surface area contributed by atoms with Gasteiger partial charge < -0.3 is 32.7 Å². The molecule has 2 atom stereocenters. The van der Waals surface area contributed by atoms with E-state index in [4.69, 9.17) is 32.7 Å². The lowest BCUT2D eigenvalue weighted by Gasteiger charge is -2.43. The van der Waals surface area contributed by atoms with E-state index < -0.39 is 35.7 Å². The maximum Gasteiger partial charge on any atom is 0.482 e. The van der Waals surface area contributed by atoms with Gasteiger partial charge in [-0.15, -0.1) is 0 Å². The van der Waals surface area contributed by atoms with Crippen LogP contribution in [-0.4, -0.2) is 63.0 Å². The van der Waals surface area contributed by atoms with Crippen molar-refractivity contribution in [1.29, 1.82) is 0 Å². The molecule has 7 nitrogen and oxygen atoms in total. The standard InChI is InChI=1S/C13H34N2O5Si4/c1-5-21-13-22(6-2)19-24(17-4,12-8-10-15)20-23(16-3,18-21)11-7-9-14/h5-15H2,1-4H3. The molecule has 4 N–H and O–H groups in total. The van der Waals surface area contributed by atoms with Crippen molar-refractivity contribution in [2.45, 2.75) is 56.5 Å². The number of rotatable bonds is 10. The van der Waals surface area contributed by atoms with E-state index in [0.717, 1.165) is 30.6 Å². The van der Waals surface area contributed by atoms with Crippen molar-refractivity contribution >= 4 is 35.7 Å². The fourth-order valence-electron chi connectivity index (χ4n) is 2.62. The fraction of sp³-hybridized carbons (Fsp3) is 1.00. The second-order valence-electron chi connectivity index (χ2n) is 5.83. The minimum atomic E-state index is -2.84. The topological polar surface area (TPSA) is 98.2 Å². The largest absolute Gasteiger partial charge is 0.482 e. The molecular weight excluding hydrogens is 376 g/mol. The van der Waals surface area contributed by atoms with Gasteiger partial charge in [0.25, 0.3) is 0 Å². The molecule has 0 aliphatic carbocycles. The van der Waals surface area contributed by atoms with Crippen LogP contribution < -0.4 is 11.5 Å². The Kier molecular flexibility index (Phi) is 10.7. The summed E-state index contributed by atoms with van der Waals surface area (Å²) in [6, 6.07) is 3.48. The van der Waals surface area contributed by atoms with Gasteiger partial charge in [0.1, 0.15) is 0 Å². The lowest BCUT2D eigenvalue weighted by atomic mass is 10.5. The van der Waals surface area contributed by atoms with Gasteiger partial charge in [-0.2, -0.15) is 0 Å². The Balaban J connectivity index is 3.12.